The van der Waals surface area contributed by atoms with E-state index in [1.165, 1.54) is 13.2 Å². The number of carbonyl (C=O) groups excluding carboxylic acids is 2. The van der Waals surface area contributed by atoms with Crippen LogP contribution in [0.2, 0.25) is 0 Å². The van der Waals surface area contributed by atoms with Gasteiger partial charge in [-0.3, -0.25) is 0 Å². The first kappa shape index (κ1) is 19.6. The second-order valence-electron chi connectivity index (χ2n) is 6.06. The van der Waals surface area contributed by atoms with Gasteiger partial charge in [-0.15, -0.1) is 0 Å². The number of ether oxygens (including phenoxy) is 3. The number of rotatable bonds is 7. The summed E-state index contributed by atoms with van der Waals surface area (Å²) in [6.45, 7) is 5.80. The molecule has 0 spiro atoms. The Morgan fingerprint density at radius 1 is 1.31 bits per heavy atom. The summed E-state index contributed by atoms with van der Waals surface area (Å²) >= 11 is 0. The molecule has 1 aliphatic rings. The molecule has 0 saturated carbocycles. The Kier molecular flexibility index (Phi) is 6.46. The maximum Gasteiger partial charge on any atom is 0.338 e. The number of hydrogen-bond donors (Lipinski definition) is 3. The van der Waals surface area contributed by atoms with Gasteiger partial charge in [-0.25, -0.2) is 9.59 Å². The lowest BCUT2D eigenvalue weighted by atomic mass is 9.95. The molecule has 2 amide bonds. The highest BCUT2D eigenvalue weighted by Gasteiger charge is 2.32. The summed E-state index contributed by atoms with van der Waals surface area (Å²) in [4.78, 5) is 24.4. The van der Waals surface area contributed by atoms with Gasteiger partial charge in [0.15, 0.2) is 11.5 Å². The molecule has 8 heteroatoms. The molecule has 0 bridgehead atoms. The third-order valence-electron chi connectivity index (χ3n) is 3.79. The third kappa shape index (κ3) is 4.66. The van der Waals surface area contributed by atoms with Crippen molar-refractivity contribution in [2.24, 2.45) is 0 Å². The topological polar surface area (TPSA) is 106 Å². The molecule has 1 atom stereocenters. The van der Waals surface area contributed by atoms with E-state index in [-0.39, 0.29) is 36.4 Å². The quantitative estimate of drug-likeness (QED) is 0.505. The van der Waals surface area contributed by atoms with Crippen LogP contribution in [-0.4, -0.2) is 43.5 Å². The number of urea groups is 1. The number of hydrogen-bond acceptors (Lipinski definition) is 6. The van der Waals surface area contributed by atoms with Crippen LogP contribution in [-0.2, 0) is 14.3 Å². The molecule has 0 unspecified atom stereocenters. The summed E-state index contributed by atoms with van der Waals surface area (Å²) in [7, 11) is 1.42. The van der Waals surface area contributed by atoms with E-state index >= 15 is 0 Å². The minimum Gasteiger partial charge on any atom is -0.504 e. The monoisotopic (exact) mass is 364 g/mol. The fourth-order valence-electron chi connectivity index (χ4n) is 2.58. The molecule has 2 rings (SSSR count). The van der Waals surface area contributed by atoms with Gasteiger partial charge in [-0.2, -0.15) is 0 Å². The van der Waals surface area contributed by atoms with Crippen LogP contribution in [0.4, 0.5) is 4.79 Å². The van der Waals surface area contributed by atoms with E-state index in [9.17, 15) is 14.7 Å². The highest BCUT2D eigenvalue weighted by atomic mass is 16.6. The van der Waals surface area contributed by atoms with Crippen molar-refractivity contribution in [3.8, 4) is 11.5 Å². The average molecular weight is 364 g/mol. The maximum atomic E-state index is 12.6. The summed E-state index contributed by atoms with van der Waals surface area (Å²) in [5, 5.41) is 15.0. The fourth-order valence-corrected chi connectivity index (χ4v) is 2.58. The maximum absolute atomic E-state index is 12.6. The van der Waals surface area contributed by atoms with Gasteiger partial charge in [0.25, 0.3) is 0 Å². The van der Waals surface area contributed by atoms with Crippen LogP contribution in [0.1, 0.15) is 32.4 Å². The Morgan fingerprint density at radius 3 is 2.69 bits per heavy atom. The Labute approximate surface area is 152 Å². The minimum absolute atomic E-state index is 0.0350. The number of amides is 2. The molecule has 0 radical (unpaired) electrons. The zero-order valence-corrected chi connectivity index (χ0v) is 15.3. The molecule has 142 valence electrons. The van der Waals surface area contributed by atoms with Crippen molar-refractivity contribution < 1.29 is 28.9 Å². The molecule has 26 heavy (non-hydrogen) atoms. The fraction of sp³-hybridized carbons (Fsp3) is 0.444. The smallest absolute Gasteiger partial charge is 0.338 e. The van der Waals surface area contributed by atoms with E-state index < -0.39 is 18.0 Å². The van der Waals surface area contributed by atoms with Crippen molar-refractivity contribution in [3.05, 3.63) is 35.0 Å². The van der Waals surface area contributed by atoms with E-state index in [1.807, 2.05) is 13.8 Å². The molecule has 0 aliphatic carbocycles. The second-order valence-corrected chi connectivity index (χ2v) is 6.06. The lowest BCUT2D eigenvalue weighted by Crippen LogP contribution is -2.45. The van der Waals surface area contributed by atoms with E-state index in [0.717, 1.165) is 0 Å². The predicted octanol–water partition coefficient (Wildman–Crippen LogP) is 2.00. The van der Waals surface area contributed by atoms with E-state index in [0.29, 0.717) is 11.3 Å². The Hall–Kier alpha value is -2.74. The standard InChI is InChI=1S/C18H24N2O6/c1-10(2)25-7-8-26-17(22)15-11(3)19-18(23)20-16(15)12-5-6-13(21)14(9-12)24-4/h5-6,9-10,16,21H,7-8H2,1-4H3,(H2,19,20,23)/t16-/m1/s1. The zero-order valence-electron chi connectivity index (χ0n) is 15.3. The molecule has 0 aromatic heterocycles. The minimum atomic E-state index is -0.725. The number of benzene rings is 1. The zero-order chi connectivity index (χ0) is 19.3. The van der Waals surface area contributed by atoms with Gasteiger partial charge in [0.2, 0.25) is 0 Å². The van der Waals surface area contributed by atoms with Crippen LogP contribution >= 0.6 is 0 Å². The second kappa shape index (κ2) is 8.57. The first-order chi connectivity index (χ1) is 12.3. The van der Waals surface area contributed by atoms with Crippen molar-refractivity contribution in [1.82, 2.24) is 10.6 Å². The molecule has 8 nitrogen and oxygen atoms in total. The van der Waals surface area contributed by atoms with Gasteiger partial charge >= 0.3 is 12.0 Å². The number of aromatic hydroxyl groups is 1. The number of carbonyl (C=O) groups is 2. The molecular formula is C18H24N2O6. The Morgan fingerprint density at radius 2 is 2.04 bits per heavy atom. The molecule has 0 saturated heterocycles. The molecule has 0 fully saturated rings. The summed E-state index contributed by atoms with van der Waals surface area (Å²) in [6, 6.07) is 3.46. The molecule has 1 aromatic carbocycles. The number of phenols is 1. The van der Waals surface area contributed by atoms with Gasteiger partial charge in [0, 0.05) is 5.70 Å². The van der Waals surface area contributed by atoms with Crippen LogP contribution in [0.15, 0.2) is 29.5 Å². The molecule has 1 heterocycles. The summed E-state index contributed by atoms with van der Waals surface area (Å²) in [5.41, 5.74) is 1.27. The molecule has 3 N–H and O–H groups in total. The number of esters is 1. The predicted molar refractivity (Wildman–Crippen MR) is 93.8 cm³/mol. The van der Waals surface area contributed by atoms with Crippen LogP contribution in [0.5, 0.6) is 11.5 Å². The Balaban J connectivity index is 2.24. The van der Waals surface area contributed by atoms with Crippen LogP contribution in [0.3, 0.4) is 0 Å². The van der Waals surface area contributed by atoms with Crippen molar-refractivity contribution >= 4 is 12.0 Å². The summed E-state index contributed by atoms with van der Waals surface area (Å²) in [6.07, 6.45) is 0.0440. The summed E-state index contributed by atoms with van der Waals surface area (Å²) < 4.78 is 15.7. The highest BCUT2D eigenvalue weighted by molar-refractivity contribution is 5.95. The van der Waals surface area contributed by atoms with Gasteiger partial charge < -0.3 is 30.0 Å². The molecular weight excluding hydrogens is 340 g/mol. The van der Waals surface area contributed by atoms with Gasteiger partial charge in [0.1, 0.15) is 6.61 Å². The van der Waals surface area contributed by atoms with E-state index in [4.69, 9.17) is 14.2 Å². The average Bonchev–Trinajstić information content (AvgIpc) is 2.58. The van der Waals surface area contributed by atoms with Gasteiger partial charge in [-0.05, 0) is 38.5 Å². The highest BCUT2D eigenvalue weighted by Crippen LogP contribution is 2.33. The first-order valence-corrected chi connectivity index (χ1v) is 8.27. The first-order valence-electron chi connectivity index (χ1n) is 8.27. The van der Waals surface area contributed by atoms with Gasteiger partial charge in [0.05, 0.1) is 31.4 Å². The van der Waals surface area contributed by atoms with Gasteiger partial charge in [-0.1, -0.05) is 6.07 Å². The lowest BCUT2D eigenvalue weighted by Gasteiger charge is -2.28. The SMILES string of the molecule is COc1cc([C@H]2NC(=O)NC(C)=C2C(=O)OCCOC(C)C)ccc1O. The lowest BCUT2D eigenvalue weighted by molar-refractivity contribution is -0.141. The normalized spacial score (nSPS) is 17.0. The number of methoxy groups -OCH3 is 1. The van der Waals surface area contributed by atoms with Crippen LogP contribution in [0.25, 0.3) is 0 Å². The Bertz CT molecular complexity index is 714. The molecule has 1 aromatic rings. The van der Waals surface area contributed by atoms with Crippen LogP contribution in [0, 0.1) is 0 Å². The third-order valence-corrected chi connectivity index (χ3v) is 3.79. The van der Waals surface area contributed by atoms with Crippen molar-refractivity contribution in [3.63, 3.8) is 0 Å². The van der Waals surface area contributed by atoms with E-state index in [2.05, 4.69) is 10.6 Å². The van der Waals surface area contributed by atoms with Crippen molar-refractivity contribution in [2.75, 3.05) is 20.3 Å². The molecule has 1 aliphatic heterocycles. The van der Waals surface area contributed by atoms with Crippen molar-refractivity contribution in [2.45, 2.75) is 32.9 Å². The summed E-state index contributed by atoms with van der Waals surface area (Å²) in [5.74, 6) is -0.349. The largest absolute Gasteiger partial charge is 0.504 e. The van der Waals surface area contributed by atoms with Crippen molar-refractivity contribution in [1.29, 1.82) is 0 Å². The van der Waals surface area contributed by atoms with Crippen LogP contribution < -0.4 is 15.4 Å². The number of phenolic OH excluding ortho intramolecular Hbond substituents is 1. The number of nitrogens with one attached hydrogen (secondary N) is 2. The number of allylic oxidation sites excluding steroid dienone is 1. The van der Waals surface area contributed by atoms with E-state index in [1.54, 1.807) is 19.1 Å².